The lowest BCUT2D eigenvalue weighted by Crippen LogP contribution is -2.29. The van der Waals surface area contributed by atoms with Crippen LogP contribution in [0.5, 0.6) is 0 Å². The number of aliphatic imine (C=N–C) groups is 1. The third-order valence-corrected chi connectivity index (χ3v) is 6.06. The first-order valence-electron chi connectivity index (χ1n) is 11.4. The van der Waals surface area contributed by atoms with E-state index in [1.807, 2.05) is 49.5 Å². The fourth-order valence-corrected chi connectivity index (χ4v) is 4.30. The number of fused-ring (bicyclic) bond motifs is 1. The molecule has 3 heterocycles. The zero-order valence-corrected chi connectivity index (χ0v) is 18.8. The molecule has 168 valence electrons. The summed E-state index contributed by atoms with van der Waals surface area (Å²) in [6, 6.07) is 17.6. The number of likely N-dealkylation sites (tertiary alicyclic amines) is 1. The molecule has 5 rings (SSSR count). The maximum absolute atomic E-state index is 6.46. The van der Waals surface area contributed by atoms with E-state index in [4.69, 9.17) is 15.1 Å². The van der Waals surface area contributed by atoms with Crippen molar-refractivity contribution in [3.05, 3.63) is 71.9 Å². The first kappa shape index (κ1) is 21.2. The van der Waals surface area contributed by atoms with Crippen LogP contribution in [0.3, 0.4) is 0 Å². The van der Waals surface area contributed by atoms with Crippen molar-refractivity contribution in [2.75, 3.05) is 25.5 Å². The Balaban J connectivity index is 1.44. The molecule has 1 saturated heterocycles. The predicted octanol–water partition coefficient (Wildman–Crippen LogP) is 4.95. The highest BCUT2D eigenvalue weighted by molar-refractivity contribution is 6.00. The van der Waals surface area contributed by atoms with Crippen LogP contribution < -0.4 is 11.1 Å². The van der Waals surface area contributed by atoms with E-state index >= 15 is 0 Å². The van der Waals surface area contributed by atoms with Crippen LogP contribution in [-0.2, 0) is 6.54 Å². The van der Waals surface area contributed by atoms with Crippen LogP contribution >= 0.6 is 0 Å². The second kappa shape index (κ2) is 9.42. The summed E-state index contributed by atoms with van der Waals surface area (Å²) in [7, 11) is 1.95. The minimum atomic E-state index is 0.442. The molecule has 0 amide bonds. The van der Waals surface area contributed by atoms with E-state index in [9.17, 15) is 0 Å². The molecule has 0 radical (unpaired) electrons. The van der Waals surface area contributed by atoms with Gasteiger partial charge in [-0.2, -0.15) is 4.98 Å². The van der Waals surface area contributed by atoms with Gasteiger partial charge in [-0.15, -0.1) is 0 Å². The summed E-state index contributed by atoms with van der Waals surface area (Å²) in [5, 5.41) is 3.33. The number of nitrogens with two attached hydrogens (primary N) is 1. The molecule has 1 aliphatic rings. The van der Waals surface area contributed by atoms with Crippen molar-refractivity contribution in [2.24, 2.45) is 10.7 Å². The number of anilines is 1. The molecule has 2 aromatic heterocycles. The molecular formula is C26H28N6O. The van der Waals surface area contributed by atoms with Gasteiger partial charge in [0.15, 0.2) is 11.2 Å². The van der Waals surface area contributed by atoms with E-state index in [1.165, 1.54) is 24.8 Å². The number of hydrogen-bond acceptors (Lipinski definition) is 6. The van der Waals surface area contributed by atoms with Gasteiger partial charge in [-0.1, -0.05) is 30.7 Å². The van der Waals surface area contributed by atoms with Crippen molar-refractivity contribution >= 4 is 28.4 Å². The lowest BCUT2D eigenvalue weighted by molar-refractivity contribution is 0.221. The van der Waals surface area contributed by atoms with Crippen LogP contribution in [0.25, 0.3) is 22.7 Å². The van der Waals surface area contributed by atoms with Gasteiger partial charge in [0.2, 0.25) is 5.89 Å². The van der Waals surface area contributed by atoms with Gasteiger partial charge >= 0.3 is 0 Å². The number of para-hydroxylation sites is 1. The monoisotopic (exact) mass is 440 g/mol. The first-order valence-corrected chi connectivity index (χ1v) is 11.4. The number of hydrogen-bond donors (Lipinski definition) is 2. The van der Waals surface area contributed by atoms with E-state index in [0.717, 1.165) is 36.4 Å². The van der Waals surface area contributed by atoms with Crippen molar-refractivity contribution in [2.45, 2.75) is 25.8 Å². The third kappa shape index (κ3) is 4.59. The zero-order valence-electron chi connectivity index (χ0n) is 18.8. The van der Waals surface area contributed by atoms with E-state index in [0.29, 0.717) is 28.6 Å². The van der Waals surface area contributed by atoms with Crippen molar-refractivity contribution in [1.29, 1.82) is 0 Å². The Morgan fingerprint density at radius 1 is 1.09 bits per heavy atom. The van der Waals surface area contributed by atoms with Crippen LogP contribution in [0.1, 0.15) is 30.4 Å². The van der Waals surface area contributed by atoms with Crippen LogP contribution in [0.4, 0.5) is 11.4 Å². The fourth-order valence-electron chi connectivity index (χ4n) is 4.30. The molecule has 0 spiro atoms. The van der Waals surface area contributed by atoms with Gasteiger partial charge in [-0.05, 0) is 61.8 Å². The minimum absolute atomic E-state index is 0.442. The summed E-state index contributed by atoms with van der Waals surface area (Å²) in [4.78, 5) is 16.0. The highest BCUT2D eigenvalue weighted by Crippen LogP contribution is 2.32. The lowest BCUT2D eigenvalue weighted by atomic mass is 10.1. The molecule has 7 nitrogen and oxygen atoms in total. The van der Waals surface area contributed by atoms with Crippen LogP contribution in [-0.4, -0.2) is 40.8 Å². The Labute approximate surface area is 193 Å². The quantitative estimate of drug-likeness (QED) is 0.325. The maximum atomic E-state index is 6.46. The molecule has 0 saturated carbocycles. The smallest absolute Gasteiger partial charge is 0.231 e. The Hall–Kier alpha value is -3.71. The number of pyridine rings is 1. The van der Waals surface area contributed by atoms with Crippen LogP contribution in [0.15, 0.2) is 70.2 Å². The van der Waals surface area contributed by atoms with Gasteiger partial charge in [0.1, 0.15) is 5.84 Å². The van der Waals surface area contributed by atoms with Crippen molar-refractivity contribution in [3.63, 3.8) is 0 Å². The molecule has 0 bridgehead atoms. The Morgan fingerprint density at radius 3 is 2.76 bits per heavy atom. The minimum Gasteiger partial charge on any atom is -0.434 e. The van der Waals surface area contributed by atoms with Crippen LogP contribution in [0.2, 0.25) is 0 Å². The molecule has 0 aliphatic carbocycles. The number of piperidine rings is 1. The second-order valence-electron chi connectivity index (χ2n) is 8.32. The predicted molar refractivity (Wildman–Crippen MR) is 133 cm³/mol. The number of aromatic nitrogens is 2. The van der Waals surface area contributed by atoms with Crippen molar-refractivity contribution < 1.29 is 4.42 Å². The summed E-state index contributed by atoms with van der Waals surface area (Å²) in [6.07, 6.45) is 5.60. The second-order valence-corrected chi connectivity index (χ2v) is 8.32. The molecule has 0 unspecified atom stereocenters. The fraction of sp³-hybridized carbons (Fsp3) is 0.269. The standard InChI is InChI=1S/C26H28N6O/c1-28-22-16-18(11-12-19(22)17-32-14-5-2-6-15-32)24(27)30-21-9-4-3-8-20(21)26-31-25-23(33-26)10-7-13-29-25/h3-4,7-13,16,28H,2,5-6,14-15,17H2,1H3,(H2,27,30). The van der Waals surface area contributed by atoms with E-state index in [2.05, 4.69) is 32.3 Å². The molecular weight excluding hydrogens is 412 g/mol. The molecule has 33 heavy (non-hydrogen) atoms. The van der Waals surface area contributed by atoms with E-state index in [1.54, 1.807) is 6.20 Å². The number of nitrogens with zero attached hydrogens (tertiary/aromatic N) is 4. The molecule has 7 heteroatoms. The number of oxazole rings is 1. The normalized spacial score (nSPS) is 15.1. The molecule has 1 fully saturated rings. The number of benzene rings is 2. The molecule has 2 aromatic carbocycles. The summed E-state index contributed by atoms with van der Waals surface area (Å²) >= 11 is 0. The van der Waals surface area contributed by atoms with Gasteiger partial charge < -0.3 is 15.5 Å². The largest absolute Gasteiger partial charge is 0.434 e. The summed E-state index contributed by atoms with van der Waals surface area (Å²) in [6.45, 7) is 3.27. The number of amidine groups is 1. The Bertz CT molecular complexity index is 1260. The van der Waals surface area contributed by atoms with E-state index in [-0.39, 0.29) is 0 Å². The van der Waals surface area contributed by atoms with Crippen molar-refractivity contribution in [3.8, 4) is 11.5 Å². The van der Waals surface area contributed by atoms with E-state index < -0.39 is 0 Å². The molecule has 3 N–H and O–H groups in total. The average Bonchev–Trinajstić information content (AvgIpc) is 3.29. The van der Waals surface area contributed by atoms with Gasteiger partial charge in [0, 0.05) is 31.0 Å². The summed E-state index contributed by atoms with van der Waals surface area (Å²) in [5.74, 6) is 0.918. The molecule has 4 aromatic rings. The Morgan fingerprint density at radius 2 is 1.94 bits per heavy atom. The maximum Gasteiger partial charge on any atom is 0.231 e. The Kier molecular flexibility index (Phi) is 6.04. The topological polar surface area (TPSA) is 92.6 Å². The lowest BCUT2D eigenvalue weighted by Gasteiger charge is -2.27. The number of nitrogens with one attached hydrogen (secondary N) is 1. The van der Waals surface area contributed by atoms with Crippen LogP contribution in [0, 0.1) is 0 Å². The molecule has 0 atom stereocenters. The van der Waals surface area contributed by atoms with Gasteiger partial charge in [0.05, 0.1) is 11.3 Å². The number of rotatable bonds is 6. The molecule has 1 aliphatic heterocycles. The zero-order chi connectivity index (χ0) is 22.6. The first-order chi connectivity index (χ1) is 16.2. The van der Waals surface area contributed by atoms with Gasteiger partial charge in [-0.3, -0.25) is 4.90 Å². The summed E-state index contributed by atoms with van der Waals surface area (Å²) in [5.41, 5.74) is 12.4. The SMILES string of the molecule is CNc1cc(C(N)=Nc2ccccc2-c2nc3ncccc3o2)ccc1CN1CCCCC1. The highest BCUT2D eigenvalue weighted by atomic mass is 16.3. The van der Waals surface area contributed by atoms with Gasteiger partial charge in [0.25, 0.3) is 0 Å². The van der Waals surface area contributed by atoms with Crippen molar-refractivity contribution in [1.82, 2.24) is 14.9 Å². The summed E-state index contributed by atoms with van der Waals surface area (Å²) < 4.78 is 5.91. The third-order valence-electron chi connectivity index (χ3n) is 6.06. The average molecular weight is 441 g/mol. The highest BCUT2D eigenvalue weighted by Gasteiger charge is 2.15. The van der Waals surface area contributed by atoms with Gasteiger partial charge in [-0.25, -0.2) is 9.98 Å².